The zero-order valence-corrected chi connectivity index (χ0v) is 9.00. The Hall–Kier alpha value is -1.06. The van der Waals surface area contributed by atoms with Gasteiger partial charge < -0.3 is 5.32 Å². The standard InChI is InChI=1S/C11H18N4/c1-2-4-8(3-1)7-10-13-11(15-14-10)12-9-5-6-9/h8-9H,1-7H2,(H2,12,13,14,15). The number of hydrogen-bond donors (Lipinski definition) is 2. The number of anilines is 1. The molecular weight excluding hydrogens is 188 g/mol. The van der Waals surface area contributed by atoms with Gasteiger partial charge in [-0.2, -0.15) is 4.98 Å². The molecule has 2 N–H and O–H groups in total. The summed E-state index contributed by atoms with van der Waals surface area (Å²) in [6, 6.07) is 0.639. The minimum Gasteiger partial charge on any atom is -0.350 e. The summed E-state index contributed by atoms with van der Waals surface area (Å²) in [5.41, 5.74) is 0. The first-order chi connectivity index (χ1) is 7.40. The van der Waals surface area contributed by atoms with E-state index >= 15 is 0 Å². The van der Waals surface area contributed by atoms with Crippen molar-refractivity contribution in [2.75, 3.05) is 5.32 Å². The lowest BCUT2D eigenvalue weighted by molar-refractivity contribution is 0.531. The molecule has 3 rings (SSSR count). The lowest BCUT2D eigenvalue weighted by atomic mass is 10.0. The highest BCUT2D eigenvalue weighted by molar-refractivity contribution is 5.27. The molecule has 82 valence electrons. The van der Waals surface area contributed by atoms with Crippen molar-refractivity contribution in [3.8, 4) is 0 Å². The fourth-order valence-electron chi connectivity index (χ4n) is 2.35. The van der Waals surface area contributed by atoms with Crippen LogP contribution in [0.2, 0.25) is 0 Å². The van der Waals surface area contributed by atoms with Gasteiger partial charge in [-0.1, -0.05) is 25.7 Å². The lowest BCUT2D eigenvalue weighted by Gasteiger charge is -2.04. The third-order valence-electron chi connectivity index (χ3n) is 3.40. The van der Waals surface area contributed by atoms with E-state index in [2.05, 4.69) is 20.5 Å². The molecule has 0 bridgehead atoms. The maximum atomic E-state index is 4.48. The molecule has 0 spiro atoms. The predicted octanol–water partition coefficient (Wildman–Crippen LogP) is 2.11. The number of H-pyrrole nitrogens is 1. The van der Waals surface area contributed by atoms with Gasteiger partial charge in [-0.25, -0.2) is 0 Å². The molecule has 4 nitrogen and oxygen atoms in total. The second-order valence-electron chi connectivity index (χ2n) is 4.88. The number of nitrogens with one attached hydrogen (secondary N) is 2. The minimum atomic E-state index is 0.639. The number of aromatic nitrogens is 3. The van der Waals surface area contributed by atoms with E-state index in [1.54, 1.807) is 0 Å². The van der Waals surface area contributed by atoms with Gasteiger partial charge >= 0.3 is 0 Å². The fourth-order valence-corrected chi connectivity index (χ4v) is 2.35. The van der Waals surface area contributed by atoms with Crippen LogP contribution in [0.4, 0.5) is 5.95 Å². The normalized spacial score (nSPS) is 22.1. The van der Waals surface area contributed by atoms with Gasteiger partial charge in [0.15, 0.2) is 0 Å². The Kier molecular flexibility index (Phi) is 2.35. The third-order valence-corrected chi connectivity index (χ3v) is 3.40. The molecular formula is C11H18N4. The molecule has 2 saturated carbocycles. The smallest absolute Gasteiger partial charge is 0.242 e. The summed E-state index contributed by atoms with van der Waals surface area (Å²) in [6.45, 7) is 0. The van der Waals surface area contributed by atoms with E-state index < -0.39 is 0 Å². The van der Waals surface area contributed by atoms with Crippen molar-refractivity contribution in [1.82, 2.24) is 15.2 Å². The zero-order chi connectivity index (χ0) is 10.1. The predicted molar refractivity (Wildman–Crippen MR) is 58.7 cm³/mol. The van der Waals surface area contributed by atoms with Crippen molar-refractivity contribution in [1.29, 1.82) is 0 Å². The van der Waals surface area contributed by atoms with Crippen LogP contribution in [0.25, 0.3) is 0 Å². The van der Waals surface area contributed by atoms with E-state index in [1.165, 1.54) is 38.5 Å². The molecule has 0 unspecified atom stereocenters. The highest BCUT2D eigenvalue weighted by Crippen LogP contribution is 2.27. The summed E-state index contributed by atoms with van der Waals surface area (Å²) < 4.78 is 0. The molecule has 1 aromatic rings. The average Bonchev–Trinajstić information content (AvgIpc) is 2.74. The van der Waals surface area contributed by atoms with Crippen LogP contribution < -0.4 is 5.32 Å². The summed E-state index contributed by atoms with van der Waals surface area (Å²) in [5, 5.41) is 10.5. The van der Waals surface area contributed by atoms with E-state index in [9.17, 15) is 0 Å². The molecule has 0 saturated heterocycles. The van der Waals surface area contributed by atoms with Crippen molar-refractivity contribution in [2.45, 2.75) is 51.0 Å². The molecule has 0 aromatic carbocycles. The average molecular weight is 206 g/mol. The van der Waals surface area contributed by atoms with Crippen LogP contribution >= 0.6 is 0 Å². The van der Waals surface area contributed by atoms with E-state index in [0.29, 0.717) is 6.04 Å². The minimum absolute atomic E-state index is 0.639. The third kappa shape index (κ3) is 2.30. The summed E-state index contributed by atoms with van der Waals surface area (Å²) >= 11 is 0. The van der Waals surface area contributed by atoms with Gasteiger partial charge in [0.1, 0.15) is 5.82 Å². The first-order valence-corrected chi connectivity index (χ1v) is 6.08. The largest absolute Gasteiger partial charge is 0.350 e. The second kappa shape index (κ2) is 3.83. The van der Waals surface area contributed by atoms with Crippen LogP contribution in [0, 0.1) is 5.92 Å². The van der Waals surface area contributed by atoms with Crippen molar-refractivity contribution >= 4 is 5.95 Å². The van der Waals surface area contributed by atoms with Gasteiger partial charge in [0.05, 0.1) is 0 Å². The summed E-state index contributed by atoms with van der Waals surface area (Å²) in [4.78, 5) is 4.48. The summed E-state index contributed by atoms with van der Waals surface area (Å²) in [5.74, 6) is 2.70. The van der Waals surface area contributed by atoms with E-state index in [4.69, 9.17) is 0 Å². The SMILES string of the molecule is C1CCC(Cc2nc(NC3CC3)n[nH]2)C1. The van der Waals surface area contributed by atoms with Crippen LogP contribution in [0.15, 0.2) is 0 Å². The molecule has 1 heterocycles. The topological polar surface area (TPSA) is 53.6 Å². The van der Waals surface area contributed by atoms with E-state index in [1.807, 2.05) is 0 Å². The first kappa shape index (κ1) is 9.19. The Morgan fingerprint density at radius 3 is 2.73 bits per heavy atom. The lowest BCUT2D eigenvalue weighted by Crippen LogP contribution is -2.03. The van der Waals surface area contributed by atoms with E-state index in [0.717, 1.165) is 24.1 Å². The van der Waals surface area contributed by atoms with Crippen molar-refractivity contribution < 1.29 is 0 Å². The molecule has 2 fully saturated rings. The van der Waals surface area contributed by atoms with Gasteiger partial charge in [0.2, 0.25) is 5.95 Å². The molecule has 0 atom stereocenters. The van der Waals surface area contributed by atoms with Crippen LogP contribution in [0.1, 0.15) is 44.3 Å². The maximum absolute atomic E-state index is 4.48. The Labute approximate surface area is 89.9 Å². The van der Waals surface area contributed by atoms with Crippen molar-refractivity contribution in [2.24, 2.45) is 5.92 Å². The van der Waals surface area contributed by atoms with Crippen molar-refractivity contribution in [3.05, 3.63) is 5.82 Å². The highest BCUT2D eigenvalue weighted by Gasteiger charge is 2.23. The Bertz CT molecular complexity index is 323. The molecule has 0 radical (unpaired) electrons. The van der Waals surface area contributed by atoms with Gasteiger partial charge in [-0.15, -0.1) is 5.10 Å². The molecule has 2 aliphatic carbocycles. The summed E-state index contributed by atoms with van der Waals surface area (Å²) in [6.07, 6.45) is 9.15. The Morgan fingerprint density at radius 1 is 1.20 bits per heavy atom. The molecule has 0 aliphatic heterocycles. The van der Waals surface area contributed by atoms with Gasteiger partial charge in [-0.3, -0.25) is 5.10 Å². The second-order valence-corrected chi connectivity index (χ2v) is 4.88. The zero-order valence-electron chi connectivity index (χ0n) is 9.00. The van der Waals surface area contributed by atoms with Gasteiger partial charge in [0, 0.05) is 12.5 Å². The van der Waals surface area contributed by atoms with Crippen molar-refractivity contribution in [3.63, 3.8) is 0 Å². The highest BCUT2D eigenvalue weighted by atomic mass is 15.3. The number of hydrogen-bond acceptors (Lipinski definition) is 3. The molecule has 0 amide bonds. The molecule has 4 heteroatoms. The Balaban J connectivity index is 1.57. The summed E-state index contributed by atoms with van der Waals surface area (Å²) in [7, 11) is 0. The quantitative estimate of drug-likeness (QED) is 0.793. The molecule has 1 aromatic heterocycles. The van der Waals surface area contributed by atoms with E-state index in [-0.39, 0.29) is 0 Å². The Morgan fingerprint density at radius 2 is 2.00 bits per heavy atom. The monoisotopic (exact) mass is 206 g/mol. The molecule has 2 aliphatic rings. The fraction of sp³-hybridized carbons (Fsp3) is 0.818. The number of aromatic amines is 1. The first-order valence-electron chi connectivity index (χ1n) is 6.08. The molecule has 15 heavy (non-hydrogen) atoms. The number of nitrogens with zero attached hydrogens (tertiary/aromatic N) is 2. The number of rotatable bonds is 4. The van der Waals surface area contributed by atoms with Crippen LogP contribution in [0.5, 0.6) is 0 Å². The van der Waals surface area contributed by atoms with Crippen LogP contribution in [0.3, 0.4) is 0 Å². The maximum Gasteiger partial charge on any atom is 0.242 e. The van der Waals surface area contributed by atoms with Gasteiger partial charge in [-0.05, 0) is 18.8 Å². The van der Waals surface area contributed by atoms with Crippen LogP contribution in [-0.2, 0) is 6.42 Å². The van der Waals surface area contributed by atoms with Gasteiger partial charge in [0.25, 0.3) is 0 Å². The van der Waals surface area contributed by atoms with Crippen LogP contribution in [-0.4, -0.2) is 21.2 Å².